The van der Waals surface area contributed by atoms with Crippen LogP contribution in [0.1, 0.15) is 16.7 Å². The quantitative estimate of drug-likeness (QED) is 0.488. The number of nitrogens with one attached hydrogen (secondary N) is 1. The number of thioether (sulfide) groups is 1. The lowest BCUT2D eigenvalue weighted by Crippen LogP contribution is -2.47. The summed E-state index contributed by atoms with van der Waals surface area (Å²) in [7, 11) is 0. The van der Waals surface area contributed by atoms with E-state index in [2.05, 4.69) is 41.7 Å². The van der Waals surface area contributed by atoms with Crippen molar-refractivity contribution in [3.8, 4) is 0 Å². The summed E-state index contributed by atoms with van der Waals surface area (Å²) in [6.45, 7) is -0.256. The van der Waals surface area contributed by atoms with E-state index in [0.29, 0.717) is 5.75 Å². The molecule has 0 aliphatic rings. The molecule has 154 valence electrons. The van der Waals surface area contributed by atoms with E-state index >= 15 is 0 Å². The number of hydrogen-bond donors (Lipinski definition) is 3. The Bertz CT molecular complexity index is 869. The first-order valence-electron chi connectivity index (χ1n) is 9.68. The van der Waals surface area contributed by atoms with Crippen LogP contribution in [0, 0.1) is 0 Å². The number of hydrogen-bond acceptors (Lipinski definition) is 5. The second kappa shape index (κ2) is 10.2. The molecule has 2 amide bonds. The summed E-state index contributed by atoms with van der Waals surface area (Å²) in [5, 5.41) is 2.24. The van der Waals surface area contributed by atoms with Crippen LogP contribution >= 0.6 is 11.8 Å². The first-order valence-corrected chi connectivity index (χ1v) is 10.7. The van der Waals surface area contributed by atoms with Crippen LogP contribution in [0.5, 0.6) is 0 Å². The van der Waals surface area contributed by atoms with Crippen LogP contribution in [0.15, 0.2) is 91.0 Å². The fraction of sp³-hybridized carbons (Fsp3) is 0.167. The van der Waals surface area contributed by atoms with Gasteiger partial charge in [-0.3, -0.25) is 14.9 Å². The summed E-state index contributed by atoms with van der Waals surface area (Å²) >= 11 is 1.57. The molecule has 0 spiro atoms. The van der Waals surface area contributed by atoms with Gasteiger partial charge in [-0.1, -0.05) is 91.0 Å². The third-order valence-corrected chi connectivity index (χ3v) is 6.47. The van der Waals surface area contributed by atoms with Crippen molar-refractivity contribution < 1.29 is 9.59 Å². The number of benzene rings is 3. The second-order valence-corrected chi connectivity index (χ2v) is 8.05. The molecule has 0 bridgehead atoms. The lowest BCUT2D eigenvalue weighted by atomic mass is 9.84. The number of amides is 2. The van der Waals surface area contributed by atoms with Gasteiger partial charge in [0, 0.05) is 5.75 Å². The molecule has 30 heavy (non-hydrogen) atoms. The summed E-state index contributed by atoms with van der Waals surface area (Å²) in [6.07, 6.45) is 0. The molecule has 3 aromatic carbocycles. The van der Waals surface area contributed by atoms with Crippen molar-refractivity contribution >= 4 is 23.6 Å². The third-order valence-electron chi connectivity index (χ3n) is 4.81. The highest BCUT2D eigenvalue weighted by Crippen LogP contribution is 2.48. The van der Waals surface area contributed by atoms with Crippen LogP contribution in [0.2, 0.25) is 0 Å². The van der Waals surface area contributed by atoms with Crippen molar-refractivity contribution in [1.82, 2.24) is 5.32 Å². The van der Waals surface area contributed by atoms with E-state index in [4.69, 9.17) is 11.5 Å². The van der Waals surface area contributed by atoms with Crippen molar-refractivity contribution in [3.05, 3.63) is 108 Å². The Morgan fingerprint density at radius 3 is 1.57 bits per heavy atom. The van der Waals surface area contributed by atoms with Gasteiger partial charge < -0.3 is 11.5 Å². The number of imide groups is 1. The fourth-order valence-electron chi connectivity index (χ4n) is 3.34. The van der Waals surface area contributed by atoms with E-state index in [9.17, 15) is 9.59 Å². The van der Waals surface area contributed by atoms with E-state index in [0.717, 1.165) is 16.7 Å². The zero-order valence-corrected chi connectivity index (χ0v) is 17.3. The molecule has 6 heteroatoms. The molecule has 0 unspecified atom stereocenters. The molecule has 1 atom stereocenters. The summed E-state index contributed by atoms with van der Waals surface area (Å²) in [5.74, 6) is -0.760. The van der Waals surface area contributed by atoms with Crippen molar-refractivity contribution in [3.63, 3.8) is 0 Å². The van der Waals surface area contributed by atoms with Gasteiger partial charge in [-0.2, -0.15) is 0 Å². The van der Waals surface area contributed by atoms with Crippen molar-refractivity contribution in [2.45, 2.75) is 10.8 Å². The standard InChI is InChI=1S/C24H25N3O2S/c25-16-22(28)27-23(29)21(26)17-30-24(18-10-4-1-5-11-18,19-12-6-2-7-13-19)20-14-8-3-9-15-20/h1-15,21H,16-17,25-26H2,(H,27,28,29)/t21-/m0/s1. The van der Waals surface area contributed by atoms with E-state index in [1.807, 2.05) is 54.6 Å². The predicted octanol–water partition coefficient (Wildman–Crippen LogP) is 2.64. The average Bonchev–Trinajstić information content (AvgIpc) is 2.81. The maximum Gasteiger partial charge on any atom is 0.244 e. The van der Waals surface area contributed by atoms with Crippen LogP contribution in [-0.4, -0.2) is 30.2 Å². The largest absolute Gasteiger partial charge is 0.322 e. The maximum atomic E-state index is 12.3. The molecule has 3 aromatic rings. The van der Waals surface area contributed by atoms with E-state index in [1.54, 1.807) is 11.8 Å². The topological polar surface area (TPSA) is 98.2 Å². The minimum Gasteiger partial charge on any atom is -0.322 e. The molecule has 5 N–H and O–H groups in total. The van der Waals surface area contributed by atoms with Crippen LogP contribution in [0.3, 0.4) is 0 Å². The Morgan fingerprint density at radius 2 is 1.20 bits per heavy atom. The van der Waals surface area contributed by atoms with Crippen molar-refractivity contribution in [2.24, 2.45) is 11.5 Å². The Morgan fingerprint density at radius 1 is 0.800 bits per heavy atom. The third kappa shape index (κ3) is 4.79. The van der Waals surface area contributed by atoms with Gasteiger partial charge in [0.25, 0.3) is 0 Å². The van der Waals surface area contributed by atoms with Crippen LogP contribution in [0.4, 0.5) is 0 Å². The fourth-order valence-corrected chi connectivity index (χ4v) is 4.83. The number of carbonyl (C=O) groups is 2. The summed E-state index contributed by atoms with van der Waals surface area (Å²) in [5.41, 5.74) is 14.7. The summed E-state index contributed by atoms with van der Waals surface area (Å²) in [4.78, 5) is 23.8. The Labute approximate surface area is 180 Å². The van der Waals surface area contributed by atoms with Gasteiger partial charge in [0.1, 0.15) is 0 Å². The molecular formula is C24H25N3O2S. The van der Waals surface area contributed by atoms with E-state index < -0.39 is 22.6 Å². The lowest BCUT2D eigenvalue weighted by molar-refractivity contribution is -0.130. The molecular weight excluding hydrogens is 394 g/mol. The molecule has 5 nitrogen and oxygen atoms in total. The Hall–Kier alpha value is -2.93. The highest BCUT2D eigenvalue weighted by molar-refractivity contribution is 8.00. The SMILES string of the molecule is NCC(=O)NC(=O)[C@@H](N)CSC(c1ccccc1)(c1ccccc1)c1ccccc1. The van der Waals surface area contributed by atoms with Crippen LogP contribution in [0.25, 0.3) is 0 Å². The number of rotatable bonds is 8. The average molecular weight is 420 g/mol. The molecule has 0 saturated heterocycles. The minimum absolute atomic E-state index is 0.256. The Balaban J connectivity index is 2.03. The lowest BCUT2D eigenvalue weighted by Gasteiger charge is -2.36. The minimum atomic E-state index is -0.860. The predicted molar refractivity (Wildman–Crippen MR) is 122 cm³/mol. The maximum absolute atomic E-state index is 12.3. The van der Waals surface area contributed by atoms with Gasteiger partial charge in [-0.25, -0.2) is 0 Å². The van der Waals surface area contributed by atoms with Gasteiger partial charge in [0.2, 0.25) is 11.8 Å². The molecule has 0 aliphatic carbocycles. The van der Waals surface area contributed by atoms with Gasteiger partial charge in [-0.05, 0) is 16.7 Å². The monoisotopic (exact) mass is 419 g/mol. The Kier molecular flexibility index (Phi) is 7.41. The zero-order valence-electron chi connectivity index (χ0n) is 16.5. The second-order valence-electron chi connectivity index (χ2n) is 6.81. The van der Waals surface area contributed by atoms with E-state index in [1.165, 1.54) is 0 Å². The zero-order chi connectivity index (χ0) is 21.4. The first-order chi connectivity index (χ1) is 14.6. The number of nitrogens with two attached hydrogens (primary N) is 2. The molecule has 0 saturated carbocycles. The molecule has 0 fully saturated rings. The van der Waals surface area contributed by atoms with Gasteiger partial charge in [0.15, 0.2) is 0 Å². The molecule has 0 radical (unpaired) electrons. The highest BCUT2D eigenvalue weighted by Gasteiger charge is 2.37. The highest BCUT2D eigenvalue weighted by atomic mass is 32.2. The van der Waals surface area contributed by atoms with Crippen molar-refractivity contribution in [1.29, 1.82) is 0 Å². The molecule has 0 heterocycles. The number of carbonyl (C=O) groups excluding carboxylic acids is 2. The smallest absolute Gasteiger partial charge is 0.244 e. The van der Waals surface area contributed by atoms with E-state index in [-0.39, 0.29) is 6.54 Å². The molecule has 3 rings (SSSR count). The summed E-state index contributed by atoms with van der Waals surface area (Å²) < 4.78 is -0.570. The van der Waals surface area contributed by atoms with Crippen LogP contribution < -0.4 is 16.8 Å². The van der Waals surface area contributed by atoms with Gasteiger partial charge >= 0.3 is 0 Å². The van der Waals surface area contributed by atoms with Crippen LogP contribution in [-0.2, 0) is 14.3 Å². The van der Waals surface area contributed by atoms with Gasteiger partial charge in [-0.15, -0.1) is 11.8 Å². The molecule has 0 aromatic heterocycles. The first kappa shape index (κ1) is 21.8. The van der Waals surface area contributed by atoms with Crippen molar-refractivity contribution in [2.75, 3.05) is 12.3 Å². The normalized spacial score (nSPS) is 12.2. The molecule has 0 aliphatic heterocycles. The summed E-state index contributed by atoms with van der Waals surface area (Å²) in [6, 6.07) is 29.6. The van der Waals surface area contributed by atoms with Gasteiger partial charge in [0.05, 0.1) is 17.3 Å².